The maximum absolute atomic E-state index is 2.44. The molecule has 0 fully saturated rings. The van der Waals surface area contributed by atoms with Crippen molar-refractivity contribution in [1.29, 1.82) is 0 Å². The summed E-state index contributed by atoms with van der Waals surface area (Å²) in [5.41, 5.74) is 5.14. The van der Waals surface area contributed by atoms with Crippen LogP contribution in [0.4, 0.5) is 0 Å². The highest BCUT2D eigenvalue weighted by atomic mass is 32.1. The Bertz CT molecular complexity index is 2700. The average molecular weight is 593 g/mol. The Morgan fingerprint density at radius 1 is 0.295 bits per heavy atom. The molecule has 0 atom stereocenters. The van der Waals surface area contributed by atoms with Crippen molar-refractivity contribution in [2.24, 2.45) is 0 Å². The molecule has 0 aliphatic heterocycles. The summed E-state index contributed by atoms with van der Waals surface area (Å²) in [7, 11) is 0. The molecule has 0 spiro atoms. The Hall–Kier alpha value is -5.02. The molecule has 0 saturated carbocycles. The van der Waals surface area contributed by atoms with Gasteiger partial charge in [-0.05, 0) is 79.5 Å². The minimum atomic E-state index is 1.25. The molecule has 2 heteroatoms. The van der Waals surface area contributed by atoms with Gasteiger partial charge in [-0.2, -0.15) is 0 Å². The van der Waals surface area contributed by atoms with Crippen LogP contribution >= 0.6 is 22.7 Å². The van der Waals surface area contributed by atoms with E-state index in [-0.39, 0.29) is 0 Å². The summed E-state index contributed by atoms with van der Waals surface area (Å²) in [6.07, 6.45) is 0. The number of thiophene rings is 2. The Labute approximate surface area is 262 Å². The van der Waals surface area contributed by atoms with E-state index < -0.39 is 0 Å². The molecule has 0 aliphatic carbocycles. The predicted molar refractivity (Wildman–Crippen MR) is 196 cm³/mol. The van der Waals surface area contributed by atoms with E-state index in [4.69, 9.17) is 0 Å². The fraction of sp³-hybridized carbons (Fsp3) is 0. The van der Waals surface area contributed by atoms with E-state index in [0.29, 0.717) is 0 Å². The van der Waals surface area contributed by atoms with Crippen LogP contribution in [0, 0.1) is 0 Å². The Balaban J connectivity index is 1.25. The van der Waals surface area contributed by atoms with Crippen molar-refractivity contribution in [3.05, 3.63) is 146 Å². The van der Waals surface area contributed by atoms with E-state index in [1.807, 2.05) is 22.7 Å². The summed E-state index contributed by atoms with van der Waals surface area (Å²) in [4.78, 5) is 0. The first-order valence-corrected chi connectivity index (χ1v) is 16.6. The fourth-order valence-corrected chi connectivity index (χ4v) is 9.63. The van der Waals surface area contributed by atoms with Crippen LogP contribution < -0.4 is 0 Å². The quantitative estimate of drug-likeness (QED) is 0.175. The lowest BCUT2D eigenvalue weighted by atomic mass is 9.86. The van der Waals surface area contributed by atoms with E-state index in [9.17, 15) is 0 Å². The molecule has 0 unspecified atom stereocenters. The second-order valence-electron chi connectivity index (χ2n) is 11.6. The van der Waals surface area contributed by atoms with Crippen LogP contribution in [0.2, 0.25) is 0 Å². The largest absolute Gasteiger partial charge is 0.135 e. The number of hydrogen-bond acceptors (Lipinski definition) is 2. The zero-order valence-electron chi connectivity index (χ0n) is 23.7. The Morgan fingerprint density at radius 3 is 1.61 bits per heavy atom. The van der Waals surface area contributed by atoms with Crippen LogP contribution in [-0.4, -0.2) is 0 Å². The van der Waals surface area contributed by atoms with Crippen LogP contribution in [0.5, 0.6) is 0 Å². The minimum absolute atomic E-state index is 1.25. The summed E-state index contributed by atoms with van der Waals surface area (Å²) in [5.74, 6) is 0. The SMILES string of the molecule is c1ccc(-c2c3ccccc3c(-c3ccc4sc5c6cc7sc8ccccc8c7cc6ccc5c4c3)c3ccccc23)cc1. The molecule has 10 aromatic rings. The summed E-state index contributed by atoms with van der Waals surface area (Å²) in [6, 6.07) is 54.0. The molecule has 2 aromatic heterocycles. The number of hydrogen-bond donors (Lipinski definition) is 0. The molecule has 0 amide bonds. The van der Waals surface area contributed by atoms with Crippen LogP contribution in [0.25, 0.3) is 94.9 Å². The van der Waals surface area contributed by atoms with E-state index in [0.717, 1.165) is 0 Å². The molecule has 44 heavy (non-hydrogen) atoms. The molecule has 0 N–H and O–H groups in total. The molecule has 8 aromatic carbocycles. The van der Waals surface area contributed by atoms with Crippen molar-refractivity contribution in [1.82, 2.24) is 0 Å². The van der Waals surface area contributed by atoms with Crippen molar-refractivity contribution in [2.45, 2.75) is 0 Å². The van der Waals surface area contributed by atoms with E-state index >= 15 is 0 Å². The predicted octanol–water partition coefficient (Wildman–Crippen LogP) is 13.2. The van der Waals surface area contributed by atoms with Gasteiger partial charge in [-0.25, -0.2) is 0 Å². The summed E-state index contributed by atoms with van der Waals surface area (Å²) in [6.45, 7) is 0. The molecule has 0 saturated heterocycles. The van der Waals surface area contributed by atoms with Gasteiger partial charge in [0.2, 0.25) is 0 Å². The smallest absolute Gasteiger partial charge is 0.0434 e. The van der Waals surface area contributed by atoms with Gasteiger partial charge in [-0.1, -0.05) is 115 Å². The molecule has 0 aliphatic rings. The lowest BCUT2D eigenvalue weighted by Crippen LogP contribution is -1.90. The maximum Gasteiger partial charge on any atom is 0.0434 e. The van der Waals surface area contributed by atoms with Gasteiger partial charge in [-0.3, -0.25) is 0 Å². The normalized spacial score (nSPS) is 12.1. The highest BCUT2D eigenvalue weighted by molar-refractivity contribution is 7.27. The zero-order valence-corrected chi connectivity index (χ0v) is 25.3. The van der Waals surface area contributed by atoms with Crippen molar-refractivity contribution in [3.63, 3.8) is 0 Å². The van der Waals surface area contributed by atoms with E-state index in [2.05, 4.69) is 146 Å². The first-order chi connectivity index (χ1) is 21.8. The molecule has 0 radical (unpaired) electrons. The third-order valence-electron chi connectivity index (χ3n) is 9.23. The number of rotatable bonds is 2. The van der Waals surface area contributed by atoms with E-state index in [1.54, 1.807) is 0 Å². The van der Waals surface area contributed by atoms with Gasteiger partial charge in [-0.15, -0.1) is 22.7 Å². The van der Waals surface area contributed by atoms with Crippen molar-refractivity contribution >= 4 is 95.3 Å². The highest BCUT2D eigenvalue weighted by Gasteiger charge is 2.18. The minimum Gasteiger partial charge on any atom is -0.135 e. The van der Waals surface area contributed by atoms with Gasteiger partial charge in [0.05, 0.1) is 0 Å². The molecule has 0 nitrogen and oxygen atoms in total. The lowest BCUT2D eigenvalue weighted by molar-refractivity contribution is 1.66. The van der Waals surface area contributed by atoms with Crippen LogP contribution in [0.3, 0.4) is 0 Å². The number of benzene rings is 8. The first kappa shape index (κ1) is 24.4. The third-order valence-corrected chi connectivity index (χ3v) is 11.6. The van der Waals surface area contributed by atoms with Crippen molar-refractivity contribution in [3.8, 4) is 22.3 Å². The standard InChI is InChI=1S/C42H24S2/c1-2-10-25(11-3-1)40-29-13-4-6-15-31(29)41(32-16-7-5-14-30(32)40)27-19-21-38-36(23-27)33-20-18-26-22-35-28-12-8-9-17-37(28)43-39(35)24-34(26)42(33)44-38/h1-24H. The topological polar surface area (TPSA) is 0 Å². The molecule has 0 bridgehead atoms. The molecule has 2 heterocycles. The molecule has 204 valence electrons. The molecule has 10 rings (SSSR count). The summed E-state index contributed by atoms with van der Waals surface area (Å²) in [5, 5.41) is 13.2. The number of fused-ring (bicyclic) bond motifs is 10. The molecular weight excluding hydrogens is 569 g/mol. The monoisotopic (exact) mass is 592 g/mol. The second kappa shape index (κ2) is 9.24. The lowest BCUT2D eigenvalue weighted by Gasteiger charge is -2.17. The van der Waals surface area contributed by atoms with Gasteiger partial charge in [0.25, 0.3) is 0 Å². The maximum atomic E-state index is 2.44. The zero-order chi connectivity index (χ0) is 28.8. The Kier molecular flexibility index (Phi) is 5.13. The van der Waals surface area contributed by atoms with Crippen LogP contribution in [-0.2, 0) is 0 Å². The van der Waals surface area contributed by atoms with Gasteiger partial charge in [0.1, 0.15) is 0 Å². The highest BCUT2D eigenvalue weighted by Crippen LogP contribution is 2.47. The van der Waals surface area contributed by atoms with Gasteiger partial charge in [0.15, 0.2) is 0 Å². The second-order valence-corrected chi connectivity index (χ2v) is 13.8. The van der Waals surface area contributed by atoms with Crippen LogP contribution in [0.15, 0.2) is 146 Å². The van der Waals surface area contributed by atoms with Gasteiger partial charge >= 0.3 is 0 Å². The fourth-order valence-electron chi connectivity index (χ4n) is 7.29. The summed E-state index contributed by atoms with van der Waals surface area (Å²) < 4.78 is 5.43. The third kappa shape index (κ3) is 3.44. The van der Waals surface area contributed by atoms with Crippen molar-refractivity contribution < 1.29 is 0 Å². The van der Waals surface area contributed by atoms with Gasteiger partial charge in [0, 0.05) is 45.7 Å². The van der Waals surface area contributed by atoms with E-state index in [1.165, 1.54) is 94.9 Å². The average Bonchev–Trinajstić information content (AvgIpc) is 3.64. The Morgan fingerprint density at radius 2 is 0.886 bits per heavy atom. The van der Waals surface area contributed by atoms with Crippen LogP contribution in [0.1, 0.15) is 0 Å². The van der Waals surface area contributed by atoms with Crippen molar-refractivity contribution in [2.75, 3.05) is 0 Å². The molecular formula is C42H24S2. The summed E-state index contributed by atoms with van der Waals surface area (Å²) >= 11 is 3.82. The van der Waals surface area contributed by atoms with Gasteiger partial charge < -0.3 is 0 Å². The first-order valence-electron chi connectivity index (χ1n) is 15.0.